The molecule has 4 aliphatic rings. The van der Waals surface area contributed by atoms with Crippen LogP contribution < -0.4 is 0 Å². The van der Waals surface area contributed by atoms with Crippen LogP contribution in [0.1, 0.15) is 79.6 Å². The molecule has 31 heavy (non-hydrogen) atoms. The zero-order valence-electron chi connectivity index (χ0n) is 20.0. The second-order valence-electron chi connectivity index (χ2n) is 12.1. The fourth-order valence-electron chi connectivity index (χ4n) is 8.30. The molecule has 0 radical (unpaired) electrons. The van der Waals surface area contributed by atoms with Crippen LogP contribution in [0.3, 0.4) is 0 Å². The van der Waals surface area contributed by atoms with Crippen LogP contribution in [0.15, 0.2) is 23.8 Å². The standard InChI is InChI=1S/C27H42O4/c1-16(2)7-6-11-26(4,31)24-22(29)14-21-19-9-8-17-13-18(28)10-12-25(17,3)20(19)15-23(30)27(21,24)5/h10,12-13,16,19-24,29-31H,6-9,11,14-15H2,1-5H3/t19-,20+,21+,22?,23?,24-,25+,26+,27-/m1/s1. The van der Waals surface area contributed by atoms with Gasteiger partial charge in [-0.15, -0.1) is 0 Å². The van der Waals surface area contributed by atoms with Crippen molar-refractivity contribution in [2.45, 2.75) is 97.4 Å². The van der Waals surface area contributed by atoms with Gasteiger partial charge >= 0.3 is 0 Å². The van der Waals surface area contributed by atoms with E-state index in [0.29, 0.717) is 31.1 Å². The first-order valence-corrected chi connectivity index (χ1v) is 12.4. The Kier molecular flexibility index (Phi) is 5.85. The predicted octanol–water partition coefficient (Wildman–Crippen LogP) is 4.43. The Labute approximate surface area is 187 Å². The minimum absolute atomic E-state index is 0.0703. The lowest BCUT2D eigenvalue weighted by Crippen LogP contribution is -2.59. The SMILES string of the molecule is CC(C)CCC[C@](C)(O)[C@H]1C(O)C[C@H]2[C@@H]3CCC4=CC(=O)C=C[C@]4(C)[C@H]3CC(O)[C@@]21C. The summed E-state index contributed by atoms with van der Waals surface area (Å²) in [5.74, 6) is 1.18. The van der Waals surface area contributed by atoms with Crippen LogP contribution in [-0.2, 0) is 4.79 Å². The molecule has 9 atom stereocenters. The smallest absolute Gasteiger partial charge is 0.178 e. The summed E-state index contributed by atoms with van der Waals surface area (Å²) in [6, 6.07) is 0. The molecule has 3 N–H and O–H groups in total. The average Bonchev–Trinajstić information content (AvgIpc) is 2.95. The highest BCUT2D eigenvalue weighted by atomic mass is 16.3. The number of allylic oxidation sites excluding steroid dienone is 4. The average molecular weight is 431 g/mol. The Hall–Kier alpha value is -0.970. The summed E-state index contributed by atoms with van der Waals surface area (Å²) in [5, 5.41) is 34.3. The van der Waals surface area contributed by atoms with Gasteiger partial charge in [-0.25, -0.2) is 0 Å². The van der Waals surface area contributed by atoms with Crippen LogP contribution in [0.5, 0.6) is 0 Å². The van der Waals surface area contributed by atoms with Crippen LogP contribution in [0.4, 0.5) is 0 Å². The van der Waals surface area contributed by atoms with Crippen molar-refractivity contribution < 1.29 is 20.1 Å². The molecule has 4 heteroatoms. The normalized spacial score (nSPS) is 46.2. The molecule has 0 heterocycles. The quantitative estimate of drug-likeness (QED) is 0.603. The van der Waals surface area contributed by atoms with Crippen LogP contribution >= 0.6 is 0 Å². The highest BCUT2D eigenvalue weighted by Crippen LogP contribution is 2.67. The highest BCUT2D eigenvalue weighted by Gasteiger charge is 2.67. The first-order chi connectivity index (χ1) is 14.4. The van der Waals surface area contributed by atoms with Crippen molar-refractivity contribution in [1.82, 2.24) is 0 Å². The number of ketones is 1. The molecule has 0 saturated heterocycles. The van der Waals surface area contributed by atoms with Crippen molar-refractivity contribution in [1.29, 1.82) is 0 Å². The highest BCUT2D eigenvalue weighted by molar-refractivity contribution is 6.01. The molecule has 0 aliphatic heterocycles. The Morgan fingerprint density at radius 2 is 1.90 bits per heavy atom. The van der Waals surface area contributed by atoms with Gasteiger partial charge in [-0.05, 0) is 74.9 Å². The van der Waals surface area contributed by atoms with Crippen LogP contribution in [0.2, 0.25) is 0 Å². The van der Waals surface area contributed by atoms with Gasteiger partial charge in [-0.3, -0.25) is 4.79 Å². The molecular formula is C27H42O4. The van der Waals surface area contributed by atoms with Gasteiger partial charge in [-0.2, -0.15) is 0 Å². The fourth-order valence-corrected chi connectivity index (χ4v) is 8.30. The largest absolute Gasteiger partial charge is 0.393 e. The predicted molar refractivity (Wildman–Crippen MR) is 122 cm³/mol. The zero-order valence-corrected chi connectivity index (χ0v) is 20.0. The molecule has 4 rings (SSSR count). The number of aliphatic hydroxyl groups is 3. The number of carbonyl (C=O) groups is 1. The van der Waals surface area contributed by atoms with Crippen molar-refractivity contribution in [2.75, 3.05) is 0 Å². The summed E-state index contributed by atoms with van der Waals surface area (Å²) in [5.41, 5.74) is -0.477. The molecular weight excluding hydrogens is 388 g/mol. The number of hydrogen-bond acceptors (Lipinski definition) is 4. The van der Waals surface area contributed by atoms with Crippen LogP contribution in [0, 0.1) is 40.4 Å². The number of rotatable bonds is 5. The van der Waals surface area contributed by atoms with Gasteiger partial charge in [0.2, 0.25) is 0 Å². The van der Waals surface area contributed by atoms with E-state index in [1.807, 2.05) is 13.0 Å². The number of fused-ring (bicyclic) bond motifs is 5. The van der Waals surface area contributed by atoms with Crippen molar-refractivity contribution in [3.8, 4) is 0 Å². The summed E-state index contributed by atoms with van der Waals surface area (Å²) in [4.78, 5) is 12.0. The first kappa shape index (κ1) is 23.2. The topological polar surface area (TPSA) is 77.8 Å². The van der Waals surface area contributed by atoms with Gasteiger partial charge in [0.15, 0.2) is 5.78 Å². The van der Waals surface area contributed by atoms with E-state index >= 15 is 0 Å². The Balaban J connectivity index is 1.63. The zero-order chi connectivity index (χ0) is 22.8. The van der Waals surface area contributed by atoms with E-state index in [-0.39, 0.29) is 29.0 Å². The molecule has 2 unspecified atom stereocenters. The lowest BCUT2D eigenvalue weighted by atomic mass is 9.46. The summed E-state index contributed by atoms with van der Waals surface area (Å²) < 4.78 is 0. The Morgan fingerprint density at radius 1 is 1.19 bits per heavy atom. The maximum Gasteiger partial charge on any atom is 0.178 e. The van der Waals surface area contributed by atoms with E-state index in [0.717, 1.165) is 25.7 Å². The van der Waals surface area contributed by atoms with Gasteiger partial charge in [0.1, 0.15) is 0 Å². The monoisotopic (exact) mass is 430 g/mol. The number of hydrogen-bond donors (Lipinski definition) is 3. The van der Waals surface area contributed by atoms with Crippen LogP contribution in [0.25, 0.3) is 0 Å². The van der Waals surface area contributed by atoms with E-state index in [9.17, 15) is 20.1 Å². The molecule has 0 aromatic rings. The third-order valence-electron chi connectivity index (χ3n) is 9.83. The lowest BCUT2D eigenvalue weighted by molar-refractivity contribution is -0.172. The van der Waals surface area contributed by atoms with Crippen LogP contribution in [-0.4, -0.2) is 38.9 Å². The summed E-state index contributed by atoms with van der Waals surface area (Å²) >= 11 is 0. The van der Waals surface area contributed by atoms with Gasteiger partial charge in [-0.1, -0.05) is 52.2 Å². The third kappa shape index (κ3) is 3.57. The maximum atomic E-state index is 12.0. The van der Waals surface area contributed by atoms with E-state index in [1.54, 1.807) is 6.08 Å². The summed E-state index contributed by atoms with van der Waals surface area (Å²) in [7, 11) is 0. The molecule has 0 spiro atoms. The minimum Gasteiger partial charge on any atom is -0.393 e. The van der Waals surface area contributed by atoms with E-state index < -0.39 is 23.2 Å². The molecule has 4 aliphatic carbocycles. The number of aliphatic hydroxyl groups excluding tert-OH is 2. The summed E-state index contributed by atoms with van der Waals surface area (Å²) in [6.45, 7) is 10.6. The van der Waals surface area contributed by atoms with Gasteiger partial charge in [0.05, 0.1) is 17.8 Å². The van der Waals surface area contributed by atoms with Crippen molar-refractivity contribution in [3.63, 3.8) is 0 Å². The molecule has 0 bridgehead atoms. The van der Waals surface area contributed by atoms with Crippen molar-refractivity contribution >= 4 is 5.78 Å². The second-order valence-corrected chi connectivity index (χ2v) is 12.1. The number of carbonyl (C=O) groups excluding carboxylic acids is 1. The molecule has 0 aromatic carbocycles. The van der Waals surface area contributed by atoms with Crippen molar-refractivity contribution in [2.24, 2.45) is 40.4 Å². The minimum atomic E-state index is -0.994. The lowest BCUT2D eigenvalue weighted by Gasteiger charge is -2.59. The van der Waals surface area contributed by atoms with Gasteiger partial charge in [0.25, 0.3) is 0 Å². The molecule has 3 fully saturated rings. The van der Waals surface area contributed by atoms with E-state index in [4.69, 9.17) is 0 Å². The molecule has 3 saturated carbocycles. The Bertz CT molecular complexity index is 780. The maximum absolute atomic E-state index is 12.0. The molecule has 0 aromatic heterocycles. The first-order valence-electron chi connectivity index (χ1n) is 12.4. The third-order valence-corrected chi connectivity index (χ3v) is 9.83. The Morgan fingerprint density at radius 3 is 2.58 bits per heavy atom. The fraction of sp³-hybridized carbons (Fsp3) is 0.815. The molecule has 4 nitrogen and oxygen atoms in total. The van der Waals surface area contributed by atoms with Crippen molar-refractivity contribution in [3.05, 3.63) is 23.8 Å². The molecule has 0 amide bonds. The van der Waals surface area contributed by atoms with E-state index in [2.05, 4.69) is 33.8 Å². The second kappa shape index (κ2) is 7.81. The van der Waals surface area contributed by atoms with Gasteiger partial charge in [0, 0.05) is 16.7 Å². The summed E-state index contributed by atoms with van der Waals surface area (Å²) in [6.07, 6.45) is 10.3. The van der Waals surface area contributed by atoms with E-state index in [1.165, 1.54) is 5.57 Å². The van der Waals surface area contributed by atoms with Gasteiger partial charge < -0.3 is 15.3 Å². The molecule has 174 valence electrons.